The summed E-state index contributed by atoms with van der Waals surface area (Å²) >= 11 is 1.68. The Kier molecular flexibility index (Phi) is 8.60. The number of hydrogen-bond donors (Lipinski definition) is 0. The average molecular weight is 533 g/mol. The number of ether oxygens (including phenoxy) is 3. The van der Waals surface area contributed by atoms with E-state index in [1.807, 2.05) is 36.6 Å². The van der Waals surface area contributed by atoms with Gasteiger partial charge in [-0.3, -0.25) is 4.79 Å². The summed E-state index contributed by atoms with van der Waals surface area (Å²) in [7, 11) is 2.51. The highest BCUT2D eigenvalue weighted by Crippen LogP contribution is 2.31. The number of methoxy groups -OCH3 is 2. The van der Waals surface area contributed by atoms with Gasteiger partial charge in [-0.2, -0.15) is 0 Å². The molecule has 9 heteroatoms. The highest BCUT2D eigenvalue weighted by molar-refractivity contribution is 7.09. The molecule has 1 aromatic carbocycles. The molecular weight excluding hydrogens is 504 g/mol. The number of thiophene rings is 1. The molecule has 1 aliphatic heterocycles. The first-order valence-corrected chi connectivity index (χ1v) is 12.8. The van der Waals surface area contributed by atoms with Crippen LogP contribution in [-0.4, -0.2) is 37.3 Å². The standard InChI is InChI=1S/C29H28N2O6S/c1-20-21(19-30-15-12-22(18-26(30)32)37-16-13-23-9-7-17-38-23)8-6-11-25(20)31-14-5-4-10-24(28(33)35-2)27(31)29(34)36-3/h4-12,14-15,17-18H,13,16,19H2,1-3H3. The third kappa shape index (κ3) is 5.95. The van der Waals surface area contributed by atoms with E-state index in [4.69, 9.17) is 14.2 Å². The van der Waals surface area contributed by atoms with E-state index in [2.05, 4.69) is 6.07 Å². The Hall–Kier alpha value is -4.37. The molecule has 0 radical (unpaired) electrons. The van der Waals surface area contributed by atoms with E-state index in [0.717, 1.165) is 17.5 Å². The maximum absolute atomic E-state index is 12.8. The van der Waals surface area contributed by atoms with Gasteiger partial charge in [-0.25, -0.2) is 9.59 Å². The number of nitrogens with zero attached hydrogens (tertiary/aromatic N) is 2. The normalized spacial score (nSPS) is 12.9. The number of hydrogen-bond acceptors (Lipinski definition) is 8. The molecule has 3 heterocycles. The Morgan fingerprint density at radius 3 is 2.53 bits per heavy atom. The number of aromatic nitrogens is 1. The molecule has 0 spiro atoms. The maximum atomic E-state index is 12.8. The van der Waals surface area contributed by atoms with Gasteiger partial charge in [0.25, 0.3) is 5.56 Å². The van der Waals surface area contributed by atoms with Gasteiger partial charge in [-0.1, -0.05) is 24.3 Å². The van der Waals surface area contributed by atoms with Crippen molar-refractivity contribution >= 4 is 29.0 Å². The summed E-state index contributed by atoms with van der Waals surface area (Å²) in [6.45, 7) is 2.70. The average Bonchev–Trinajstić information content (AvgIpc) is 3.34. The van der Waals surface area contributed by atoms with Crippen molar-refractivity contribution < 1.29 is 23.8 Å². The largest absolute Gasteiger partial charge is 0.493 e. The van der Waals surface area contributed by atoms with Gasteiger partial charge < -0.3 is 23.7 Å². The lowest BCUT2D eigenvalue weighted by atomic mass is 10.0. The van der Waals surface area contributed by atoms with Crippen LogP contribution < -0.4 is 15.2 Å². The molecule has 0 fully saturated rings. The molecule has 0 bridgehead atoms. The molecule has 0 saturated carbocycles. The van der Waals surface area contributed by atoms with Gasteiger partial charge in [0.05, 0.1) is 32.9 Å². The van der Waals surface area contributed by atoms with E-state index in [1.54, 1.807) is 51.4 Å². The molecule has 3 aromatic rings. The predicted octanol–water partition coefficient (Wildman–Crippen LogP) is 4.38. The van der Waals surface area contributed by atoms with E-state index in [1.165, 1.54) is 31.2 Å². The quantitative estimate of drug-likeness (QED) is 0.378. The molecular formula is C29H28N2O6S. The first-order chi connectivity index (χ1) is 18.4. The fourth-order valence-electron chi connectivity index (χ4n) is 4.07. The molecule has 1 aliphatic rings. The number of esters is 2. The van der Waals surface area contributed by atoms with Crippen LogP contribution in [0.25, 0.3) is 0 Å². The van der Waals surface area contributed by atoms with Crippen LogP contribution in [0.5, 0.6) is 5.75 Å². The van der Waals surface area contributed by atoms with Crippen molar-refractivity contribution in [2.24, 2.45) is 0 Å². The number of carbonyl (C=O) groups is 2. The zero-order chi connectivity index (χ0) is 27.1. The molecule has 4 rings (SSSR count). The van der Waals surface area contributed by atoms with E-state index in [9.17, 15) is 14.4 Å². The van der Waals surface area contributed by atoms with Crippen LogP contribution in [0.15, 0.2) is 94.5 Å². The van der Waals surface area contributed by atoms with Gasteiger partial charge >= 0.3 is 11.9 Å². The van der Waals surface area contributed by atoms with Crippen molar-refractivity contribution in [2.45, 2.75) is 19.9 Å². The van der Waals surface area contributed by atoms with E-state index in [-0.39, 0.29) is 16.8 Å². The topological polar surface area (TPSA) is 87.1 Å². The molecule has 8 nitrogen and oxygen atoms in total. The van der Waals surface area contributed by atoms with Gasteiger partial charge in [0.15, 0.2) is 0 Å². The molecule has 38 heavy (non-hydrogen) atoms. The SMILES string of the molecule is COC(=O)C1=C(C(=O)OC)N(c2cccc(Cn3ccc(OCCc4cccs4)cc3=O)c2C)C=CC=C1. The van der Waals surface area contributed by atoms with Crippen LogP contribution >= 0.6 is 11.3 Å². The van der Waals surface area contributed by atoms with E-state index >= 15 is 0 Å². The molecule has 0 atom stereocenters. The maximum Gasteiger partial charge on any atom is 0.355 e. The number of rotatable bonds is 9. The summed E-state index contributed by atoms with van der Waals surface area (Å²) in [5.41, 5.74) is 2.26. The van der Waals surface area contributed by atoms with Crippen molar-refractivity contribution in [3.05, 3.63) is 116 Å². The minimum atomic E-state index is -0.683. The smallest absolute Gasteiger partial charge is 0.355 e. The molecule has 0 amide bonds. The lowest BCUT2D eigenvalue weighted by molar-refractivity contribution is -0.139. The Bertz CT molecular complexity index is 1470. The summed E-state index contributed by atoms with van der Waals surface area (Å²) in [6, 6.07) is 12.9. The minimum Gasteiger partial charge on any atom is -0.493 e. The number of carbonyl (C=O) groups excluding carboxylic acids is 2. The monoisotopic (exact) mass is 532 g/mol. The molecule has 196 valence electrons. The highest BCUT2D eigenvalue weighted by atomic mass is 32.1. The van der Waals surface area contributed by atoms with E-state index in [0.29, 0.717) is 24.6 Å². The third-order valence-corrected chi connectivity index (χ3v) is 7.01. The van der Waals surface area contributed by atoms with Crippen molar-refractivity contribution in [3.63, 3.8) is 0 Å². The summed E-state index contributed by atoms with van der Waals surface area (Å²) in [6.07, 6.45) is 9.05. The predicted molar refractivity (Wildman–Crippen MR) is 146 cm³/mol. The van der Waals surface area contributed by atoms with Crippen molar-refractivity contribution in [3.8, 4) is 5.75 Å². The molecule has 0 aliphatic carbocycles. The van der Waals surface area contributed by atoms with Crippen LogP contribution in [-0.2, 0) is 32.0 Å². The summed E-state index contributed by atoms with van der Waals surface area (Å²) in [5.74, 6) is -0.815. The second kappa shape index (κ2) is 12.2. The summed E-state index contributed by atoms with van der Waals surface area (Å²) in [5, 5.41) is 2.03. The Morgan fingerprint density at radius 2 is 1.82 bits per heavy atom. The third-order valence-electron chi connectivity index (χ3n) is 6.07. The second-order valence-corrected chi connectivity index (χ2v) is 9.42. The van der Waals surface area contributed by atoms with E-state index < -0.39 is 11.9 Å². The molecule has 0 N–H and O–H groups in total. The second-order valence-electron chi connectivity index (χ2n) is 8.38. The Morgan fingerprint density at radius 1 is 1.00 bits per heavy atom. The minimum absolute atomic E-state index is 0.0332. The first-order valence-electron chi connectivity index (χ1n) is 11.9. The van der Waals surface area contributed by atoms with Crippen LogP contribution in [0.1, 0.15) is 16.0 Å². The molecule has 0 unspecified atom stereocenters. The molecule has 0 saturated heterocycles. The van der Waals surface area contributed by atoms with Gasteiger partial charge in [0.1, 0.15) is 11.4 Å². The number of allylic oxidation sites excluding steroid dienone is 2. The van der Waals surface area contributed by atoms with Crippen molar-refractivity contribution in [1.29, 1.82) is 0 Å². The van der Waals surface area contributed by atoms with Gasteiger partial charge in [0.2, 0.25) is 0 Å². The lowest BCUT2D eigenvalue weighted by Gasteiger charge is -2.26. The summed E-state index contributed by atoms with van der Waals surface area (Å²) < 4.78 is 17.2. The van der Waals surface area contributed by atoms with Crippen molar-refractivity contribution in [2.75, 3.05) is 25.7 Å². The van der Waals surface area contributed by atoms with Crippen LogP contribution in [0.4, 0.5) is 5.69 Å². The lowest BCUT2D eigenvalue weighted by Crippen LogP contribution is -2.28. The number of anilines is 1. The summed E-state index contributed by atoms with van der Waals surface area (Å²) in [4.78, 5) is 40.9. The Balaban J connectivity index is 1.60. The zero-order valence-corrected chi connectivity index (χ0v) is 22.2. The Labute approximate surface area is 224 Å². The van der Waals surface area contributed by atoms with Gasteiger partial charge in [-0.15, -0.1) is 11.3 Å². The van der Waals surface area contributed by atoms with Gasteiger partial charge in [-0.05, 0) is 53.8 Å². The number of benzene rings is 1. The van der Waals surface area contributed by atoms with Gasteiger partial charge in [0, 0.05) is 35.4 Å². The zero-order valence-electron chi connectivity index (χ0n) is 21.4. The fourth-order valence-corrected chi connectivity index (χ4v) is 4.76. The molecule has 2 aromatic heterocycles. The van der Waals surface area contributed by atoms with Crippen molar-refractivity contribution in [1.82, 2.24) is 4.57 Å². The van der Waals surface area contributed by atoms with Crippen LogP contribution in [0.2, 0.25) is 0 Å². The van der Waals surface area contributed by atoms with Crippen LogP contribution in [0, 0.1) is 6.92 Å². The fraction of sp³-hybridized carbons (Fsp3) is 0.207. The highest BCUT2D eigenvalue weighted by Gasteiger charge is 2.28. The van der Waals surface area contributed by atoms with Crippen LogP contribution in [0.3, 0.4) is 0 Å². The number of pyridine rings is 1. The first kappa shape index (κ1) is 26.7.